The number of amides is 3. The van der Waals surface area contributed by atoms with Gasteiger partial charge in [-0.15, -0.1) is 0 Å². The second-order valence-electron chi connectivity index (χ2n) is 5.53. The van der Waals surface area contributed by atoms with Crippen molar-refractivity contribution in [3.63, 3.8) is 0 Å². The predicted molar refractivity (Wildman–Crippen MR) is 96.2 cm³/mol. The number of hydrogen-bond donors (Lipinski definition) is 3. The van der Waals surface area contributed by atoms with Gasteiger partial charge >= 0.3 is 6.03 Å². The molecule has 0 spiro atoms. The third-order valence-electron chi connectivity index (χ3n) is 3.46. The number of carbonyl (C=O) groups is 2. The van der Waals surface area contributed by atoms with Crippen molar-refractivity contribution < 1.29 is 9.59 Å². The maximum Gasteiger partial charge on any atom is 0.315 e. The van der Waals surface area contributed by atoms with Crippen LogP contribution in [0.3, 0.4) is 0 Å². The summed E-state index contributed by atoms with van der Waals surface area (Å²) >= 11 is 5.91. The van der Waals surface area contributed by atoms with Gasteiger partial charge in [-0.3, -0.25) is 4.79 Å². The summed E-state index contributed by atoms with van der Waals surface area (Å²) in [7, 11) is 0. The molecule has 0 fully saturated rings. The minimum atomic E-state index is -0.395. The van der Waals surface area contributed by atoms with Gasteiger partial charge in [-0.2, -0.15) is 0 Å². The van der Waals surface area contributed by atoms with E-state index in [-0.39, 0.29) is 12.5 Å². The molecule has 0 aliphatic heterocycles. The molecule has 6 heteroatoms. The van der Waals surface area contributed by atoms with Gasteiger partial charge in [0, 0.05) is 17.3 Å². The Morgan fingerprint density at radius 1 is 1.00 bits per heavy atom. The Morgan fingerprint density at radius 2 is 1.71 bits per heavy atom. The van der Waals surface area contributed by atoms with E-state index >= 15 is 0 Å². The van der Waals surface area contributed by atoms with Gasteiger partial charge in [0.15, 0.2) is 0 Å². The van der Waals surface area contributed by atoms with Crippen LogP contribution in [0.4, 0.5) is 10.5 Å². The molecule has 0 saturated carbocycles. The third kappa shape index (κ3) is 5.59. The van der Waals surface area contributed by atoms with Gasteiger partial charge in [0.1, 0.15) is 0 Å². The van der Waals surface area contributed by atoms with Crippen molar-refractivity contribution in [2.24, 2.45) is 0 Å². The van der Waals surface area contributed by atoms with Gasteiger partial charge in [-0.1, -0.05) is 47.5 Å². The van der Waals surface area contributed by atoms with E-state index in [4.69, 9.17) is 11.6 Å². The molecule has 0 aliphatic carbocycles. The van der Waals surface area contributed by atoms with Crippen LogP contribution in [0.25, 0.3) is 0 Å². The van der Waals surface area contributed by atoms with Crippen molar-refractivity contribution in [2.45, 2.75) is 20.4 Å². The quantitative estimate of drug-likeness (QED) is 0.777. The molecule has 24 heavy (non-hydrogen) atoms. The number of anilines is 1. The summed E-state index contributed by atoms with van der Waals surface area (Å²) < 4.78 is 0. The molecule has 0 bridgehead atoms. The van der Waals surface area contributed by atoms with E-state index in [1.165, 1.54) is 0 Å². The number of benzene rings is 2. The first-order chi connectivity index (χ1) is 11.4. The standard InChI is InChI=1S/C18H20ClN3O2/c1-12-3-6-14(7-4-12)10-20-18(24)21-11-17(23)22-16-9-15(19)8-5-13(16)2/h3-9H,10-11H2,1-2H3,(H,22,23)(H2,20,21,24). The molecule has 0 heterocycles. The van der Waals surface area contributed by atoms with Crippen molar-refractivity contribution in [3.05, 3.63) is 64.2 Å². The highest BCUT2D eigenvalue weighted by molar-refractivity contribution is 6.31. The average molecular weight is 346 g/mol. The summed E-state index contributed by atoms with van der Waals surface area (Å²) in [5, 5.41) is 8.49. The molecule has 2 aromatic rings. The van der Waals surface area contributed by atoms with Gasteiger partial charge < -0.3 is 16.0 Å². The number of nitrogens with one attached hydrogen (secondary N) is 3. The van der Waals surface area contributed by atoms with Crippen LogP contribution in [0.2, 0.25) is 5.02 Å². The molecule has 0 aromatic heterocycles. The van der Waals surface area contributed by atoms with Crippen molar-refractivity contribution in [2.75, 3.05) is 11.9 Å². The van der Waals surface area contributed by atoms with Crippen molar-refractivity contribution in [1.29, 1.82) is 0 Å². The zero-order valence-corrected chi connectivity index (χ0v) is 14.4. The number of urea groups is 1. The minimum Gasteiger partial charge on any atom is -0.334 e. The lowest BCUT2D eigenvalue weighted by Crippen LogP contribution is -2.39. The van der Waals surface area contributed by atoms with Crippen molar-refractivity contribution >= 4 is 29.2 Å². The second kappa shape index (κ2) is 8.36. The zero-order chi connectivity index (χ0) is 17.5. The molecule has 0 radical (unpaired) electrons. The highest BCUT2D eigenvalue weighted by Gasteiger charge is 2.07. The van der Waals surface area contributed by atoms with Crippen LogP contribution in [-0.2, 0) is 11.3 Å². The van der Waals surface area contributed by atoms with Crippen LogP contribution in [-0.4, -0.2) is 18.5 Å². The molecule has 126 valence electrons. The van der Waals surface area contributed by atoms with Crippen LogP contribution >= 0.6 is 11.6 Å². The van der Waals surface area contributed by atoms with Crippen LogP contribution in [0.15, 0.2) is 42.5 Å². The van der Waals surface area contributed by atoms with Gasteiger partial charge in [0.05, 0.1) is 6.54 Å². The molecular weight excluding hydrogens is 326 g/mol. The van der Waals surface area contributed by atoms with Crippen molar-refractivity contribution in [1.82, 2.24) is 10.6 Å². The molecule has 3 amide bonds. The fourth-order valence-electron chi connectivity index (χ4n) is 2.03. The fraction of sp³-hybridized carbons (Fsp3) is 0.222. The zero-order valence-electron chi connectivity index (χ0n) is 13.7. The van der Waals surface area contributed by atoms with Gasteiger partial charge in [0.2, 0.25) is 5.91 Å². The van der Waals surface area contributed by atoms with E-state index in [0.29, 0.717) is 17.3 Å². The maximum atomic E-state index is 11.9. The largest absolute Gasteiger partial charge is 0.334 e. The first kappa shape index (κ1) is 17.8. The van der Waals surface area contributed by atoms with E-state index in [1.54, 1.807) is 12.1 Å². The molecule has 0 unspecified atom stereocenters. The molecule has 5 nitrogen and oxygen atoms in total. The lowest BCUT2D eigenvalue weighted by atomic mass is 10.1. The highest BCUT2D eigenvalue weighted by Crippen LogP contribution is 2.19. The van der Waals surface area contributed by atoms with E-state index in [0.717, 1.165) is 16.7 Å². The summed E-state index contributed by atoms with van der Waals surface area (Å²) in [5.41, 5.74) is 3.69. The van der Waals surface area contributed by atoms with Crippen LogP contribution < -0.4 is 16.0 Å². The predicted octanol–water partition coefficient (Wildman–Crippen LogP) is 3.39. The Kier molecular flexibility index (Phi) is 6.21. The smallest absolute Gasteiger partial charge is 0.315 e. The van der Waals surface area contributed by atoms with Crippen LogP contribution in [0.1, 0.15) is 16.7 Å². The monoisotopic (exact) mass is 345 g/mol. The summed E-state index contributed by atoms with van der Waals surface area (Å²) in [6.07, 6.45) is 0. The Hall–Kier alpha value is -2.53. The topological polar surface area (TPSA) is 70.2 Å². The summed E-state index contributed by atoms with van der Waals surface area (Å²) in [6, 6.07) is 12.7. The first-order valence-electron chi connectivity index (χ1n) is 7.57. The lowest BCUT2D eigenvalue weighted by molar-refractivity contribution is -0.115. The van der Waals surface area contributed by atoms with Crippen molar-refractivity contribution in [3.8, 4) is 0 Å². The highest BCUT2D eigenvalue weighted by atomic mass is 35.5. The summed E-state index contributed by atoms with van der Waals surface area (Å²) in [5.74, 6) is -0.314. The maximum absolute atomic E-state index is 11.9. The molecule has 2 rings (SSSR count). The van der Waals surface area contributed by atoms with E-state index in [9.17, 15) is 9.59 Å². The first-order valence-corrected chi connectivity index (χ1v) is 7.95. The molecule has 0 aliphatic rings. The van der Waals surface area contributed by atoms with Gasteiger partial charge in [-0.25, -0.2) is 4.79 Å². The number of halogens is 1. The molecule has 0 saturated heterocycles. The number of rotatable bonds is 5. The van der Waals surface area contributed by atoms with E-state index in [2.05, 4.69) is 16.0 Å². The van der Waals surface area contributed by atoms with Gasteiger partial charge in [0.25, 0.3) is 0 Å². The minimum absolute atomic E-state index is 0.119. The molecular formula is C18H20ClN3O2. The van der Waals surface area contributed by atoms with Crippen LogP contribution in [0, 0.1) is 13.8 Å². The van der Waals surface area contributed by atoms with E-state index < -0.39 is 6.03 Å². The Morgan fingerprint density at radius 3 is 2.42 bits per heavy atom. The van der Waals surface area contributed by atoms with E-state index in [1.807, 2.05) is 44.2 Å². The number of hydrogen-bond acceptors (Lipinski definition) is 2. The summed E-state index contributed by atoms with van der Waals surface area (Å²) in [6.45, 7) is 4.16. The Bertz CT molecular complexity index is 730. The summed E-state index contributed by atoms with van der Waals surface area (Å²) in [4.78, 5) is 23.6. The van der Waals surface area contributed by atoms with Crippen LogP contribution in [0.5, 0.6) is 0 Å². The SMILES string of the molecule is Cc1ccc(CNC(=O)NCC(=O)Nc2cc(Cl)ccc2C)cc1. The number of aryl methyl sites for hydroxylation is 2. The number of carbonyl (C=O) groups excluding carboxylic acids is 2. The lowest BCUT2D eigenvalue weighted by Gasteiger charge is -2.10. The second-order valence-corrected chi connectivity index (χ2v) is 5.97. The normalized spacial score (nSPS) is 10.1. The average Bonchev–Trinajstić information content (AvgIpc) is 2.56. The fourth-order valence-corrected chi connectivity index (χ4v) is 2.21. The molecule has 2 aromatic carbocycles. The third-order valence-corrected chi connectivity index (χ3v) is 3.69. The Balaban J connectivity index is 1.75. The molecule has 0 atom stereocenters. The van der Waals surface area contributed by atoms with Gasteiger partial charge in [-0.05, 0) is 37.1 Å². The Labute approximate surface area is 146 Å². The molecule has 3 N–H and O–H groups in total.